The van der Waals surface area contributed by atoms with Crippen LogP contribution in [-0.4, -0.2) is 5.91 Å². The van der Waals surface area contributed by atoms with Gasteiger partial charge in [0.2, 0.25) is 0 Å². The first kappa shape index (κ1) is 13.8. The average molecular weight is 298 g/mol. The van der Waals surface area contributed by atoms with Gasteiger partial charge in [-0.05, 0) is 35.9 Å². The number of benzene rings is 2. The fourth-order valence-corrected chi connectivity index (χ4v) is 1.92. The third-order valence-corrected chi connectivity index (χ3v) is 3.12. The maximum atomic E-state index is 13.0. The lowest BCUT2D eigenvalue weighted by atomic mass is 10.1. The van der Waals surface area contributed by atoms with Crippen molar-refractivity contribution in [3.63, 3.8) is 0 Å². The summed E-state index contributed by atoms with van der Waals surface area (Å²) in [5, 5.41) is 2.61. The Morgan fingerprint density at radius 2 is 2.00 bits per heavy atom. The fourth-order valence-electron chi connectivity index (χ4n) is 1.57. The summed E-state index contributed by atoms with van der Waals surface area (Å²) in [6.07, 6.45) is 0. The second-order valence-corrected chi connectivity index (χ2v) is 4.59. The predicted molar refractivity (Wildman–Crippen MR) is 75.4 cm³/mol. The molecule has 0 spiro atoms. The quantitative estimate of drug-likeness (QED) is 0.832. The highest BCUT2D eigenvalue weighted by Crippen LogP contribution is 2.20. The van der Waals surface area contributed by atoms with Gasteiger partial charge in [-0.1, -0.05) is 23.7 Å². The first-order valence-electron chi connectivity index (χ1n) is 5.51. The van der Waals surface area contributed by atoms with Crippen LogP contribution in [0.5, 0.6) is 0 Å². The van der Waals surface area contributed by atoms with E-state index in [1.807, 2.05) is 6.07 Å². The van der Waals surface area contributed by atoms with Crippen LogP contribution in [-0.2, 0) is 5.88 Å². The highest BCUT2D eigenvalue weighted by atomic mass is 35.5. The van der Waals surface area contributed by atoms with Crippen LogP contribution in [0.2, 0.25) is 5.02 Å². The normalized spacial score (nSPS) is 10.3. The summed E-state index contributed by atoms with van der Waals surface area (Å²) in [6, 6.07) is 11.0. The molecule has 2 aromatic rings. The Kier molecular flexibility index (Phi) is 4.40. The van der Waals surface area contributed by atoms with Gasteiger partial charge in [0.25, 0.3) is 5.91 Å². The summed E-state index contributed by atoms with van der Waals surface area (Å²) in [5.74, 6) is -0.484. The molecule has 0 aliphatic heterocycles. The zero-order valence-corrected chi connectivity index (χ0v) is 11.3. The third kappa shape index (κ3) is 3.46. The first-order chi connectivity index (χ1) is 9.10. The third-order valence-electron chi connectivity index (χ3n) is 2.52. The molecule has 0 saturated heterocycles. The van der Waals surface area contributed by atoms with Crippen molar-refractivity contribution < 1.29 is 9.18 Å². The van der Waals surface area contributed by atoms with Gasteiger partial charge in [0.1, 0.15) is 5.82 Å². The van der Waals surface area contributed by atoms with E-state index in [1.54, 1.807) is 18.2 Å². The second-order valence-electron chi connectivity index (χ2n) is 3.92. The van der Waals surface area contributed by atoms with Crippen molar-refractivity contribution in [2.24, 2.45) is 0 Å². The molecule has 0 bridgehead atoms. The first-order valence-corrected chi connectivity index (χ1v) is 6.42. The molecule has 0 unspecified atom stereocenters. The van der Waals surface area contributed by atoms with Gasteiger partial charge in [-0.15, -0.1) is 11.6 Å². The largest absolute Gasteiger partial charge is 0.322 e. The molecule has 2 rings (SSSR count). The maximum absolute atomic E-state index is 13.0. The van der Waals surface area contributed by atoms with Gasteiger partial charge in [0.05, 0.1) is 5.02 Å². The molecule has 0 saturated carbocycles. The number of amides is 1. The van der Waals surface area contributed by atoms with Crippen LogP contribution < -0.4 is 5.32 Å². The SMILES string of the molecule is O=C(Nc1ccc(F)c(Cl)c1)c1cccc(CCl)c1. The van der Waals surface area contributed by atoms with Crippen molar-refractivity contribution in [1.82, 2.24) is 0 Å². The minimum atomic E-state index is -0.524. The van der Waals surface area contributed by atoms with Crippen molar-refractivity contribution in [2.45, 2.75) is 5.88 Å². The van der Waals surface area contributed by atoms with Gasteiger partial charge in [-0.25, -0.2) is 4.39 Å². The number of hydrogen-bond acceptors (Lipinski definition) is 1. The van der Waals surface area contributed by atoms with E-state index in [0.29, 0.717) is 17.1 Å². The molecule has 2 nitrogen and oxygen atoms in total. The summed E-state index contributed by atoms with van der Waals surface area (Å²) < 4.78 is 13.0. The minimum Gasteiger partial charge on any atom is -0.322 e. The lowest BCUT2D eigenvalue weighted by Gasteiger charge is -2.07. The number of carbonyl (C=O) groups is 1. The number of halogens is 3. The van der Waals surface area contributed by atoms with Gasteiger partial charge >= 0.3 is 0 Å². The smallest absolute Gasteiger partial charge is 0.255 e. The van der Waals surface area contributed by atoms with Crippen molar-refractivity contribution in [1.29, 1.82) is 0 Å². The summed E-state index contributed by atoms with van der Waals surface area (Å²) in [6.45, 7) is 0. The lowest BCUT2D eigenvalue weighted by molar-refractivity contribution is 0.102. The Bertz CT molecular complexity index is 616. The molecule has 0 atom stereocenters. The van der Waals surface area contributed by atoms with Crippen molar-refractivity contribution in [3.8, 4) is 0 Å². The summed E-state index contributed by atoms with van der Waals surface area (Å²) in [7, 11) is 0. The molecule has 98 valence electrons. The number of anilines is 1. The van der Waals surface area contributed by atoms with Crippen LogP contribution in [0, 0.1) is 5.82 Å². The topological polar surface area (TPSA) is 29.1 Å². The molecule has 1 amide bonds. The molecular weight excluding hydrogens is 288 g/mol. The minimum absolute atomic E-state index is 0.0349. The predicted octanol–water partition coefficient (Wildman–Crippen LogP) is 4.47. The molecule has 1 N–H and O–H groups in total. The van der Waals surface area contributed by atoms with E-state index in [1.165, 1.54) is 18.2 Å². The fraction of sp³-hybridized carbons (Fsp3) is 0.0714. The average Bonchev–Trinajstić information content (AvgIpc) is 2.43. The van der Waals surface area contributed by atoms with Crippen LogP contribution in [0.3, 0.4) is 0 Å². The summed E-state index contributed by atoms with van der Waals surface area (Å²) >= 11 is 11.4. The van der Waals surface area contributed by atoms with E-state index in [9.17, 15) is 9.18 Å². The van der Waals surface area contributed by atoms with Gasteiger partial charge in [0.15, 0.2) is 0 Å². The van der Waals surface area contributed by atoms with E-state index in [0.717, 1.165) is 5.56 Å². The molecule has 0 radical (unpaired) electrons. The standard InChI is InChI=1S/C14H10Cl2FNO/c15-8-9-2-1-3-10(6-9)14(19)18-11-4-5-13(17)12(16)7-11/h1-7H,8H2,(H,18,19). The highest BCUT2D eigenvalue weighted by Gasteiger charge is 2.08. The molecule has 0 heterocycles. The van der Waals surface area contributed by atoms with E-state index < -0.39 is 5.82 Å². The Hall–Kier alpha value is -1.58. The maximum Gasteiger partial charge on any atom is 0.255 e. The van der Waals surface area contributed by atoms with E-state index >= 15 is 0 Å². The van der Waals surface area contributed by atoms with E-state index in [4.69, 9.17) is 23.2 Å². The van der Waals surface area contributed by atoms with Crippen molar-refractivity contribution in [2.75, 3.05) is 5.32 Å². The zero-order valence-electron chi connectivity index (χ0n) is 9.79. The number of alkyl halides is 1. The molecule has 0 aliphatic carbocycles. The van der Waals surface area contributed by atoms with Gasteiger partial charge in [0, 0.05) is 17.1 Å². The number of carbonyl (C=O) groups excluding carboxylic acids is 1. The number of nitrogens with one attached hydrogen (secondary N) is 1. The lowest BCUT2D eigenvalue weighted by Crippen LogP contribution is -2.12. The van der Waals surface area contributed by atoms with E-state index in [-0.39, 0.29) is 10.9 Å². The Morgan fingerprint density at radius 1 is 1.21 bits per heavy atom. The van der Waals surface area contributed by atoms with Gasteiger partial charge < -0.3 is 5.32 Å². The van der Waals surface area contributed by atoms with Crippen molar-refractivity contribution >= 4 is 34.8 Å². The molecule has 2 aromatic carbocycles. The molecule has 0 aliphatic rings. The molecule has 19 heavy (non-hydrogen) atoms. The Labute approximate surface area is 120 Å². The second kappa shape index (κ2) is 6.04. The highest BCUT2D eigenvalue weighted by molar-refractivity contribution is 6.31. The molecule has 0 aromatic heterocycles. The van der Waals surface area contributed by atoms with Crippen LogP contribution in [0.1, 0.15) is 15.9 Å². The Morgan fingerprint density at radius 3 is 2.68 bits per heavy atom. The van der Waals surface area contributed by atoms with Crippen LogP contribution in [0.4, 0.5) is 10.1 Å². The molecule has 5 heteroatoms. The van der Waals surface area contributed by atoms with Gasteiger partial charge in [-0.2, -0.15) is 0 Å². The van der Waals surface area contributed by atoms with Gasteiger partial charge in [-0.3, -0.25) is 4.79 Å². The number of hydrogen-bond donors (Lipinski definition) is 1. The van der Waals surface area contributed by atoms with Crippen LogP contribution in [0.25, 0.3) is 0 Å². The monoisotopic (exact) mass is 297 g/mol. The van der Waals surface area contributed by atoms with Crippen LogP contribution in [0.15, 0.2) is 42.5 Å². The Balaban J connectivity index is 2.18. The van der Waals surface area contributed by atoms with E-state index in [2.05, 4.69) is 5.32 Å². The summed E-state index contributed by atoms with van der Waals surface area (Å²) in [4.78, 5) is 12.0. The molecule has 0 fully saturated rings. The summed E-state index contributed by atoms with van der Waals surface area (Å²) in [5.41, 5.74) is 1.78. The van der Waals surface area contributed by atoms with Crippen LogP contribution >= 0.6 is 23.2 Å². The number of rotatable bonds is 3. The zero-order chi connectivity index (χ0) is 13.8. The van der Waals surface area contributed by atoms with Crippen molar-refractivity contribution in [3.05, 3.63) is 64.4 Å². The molecular formula is C14H10Cl2FNO.